The van der Waals surface area contributed by atoms with Gasteiger partial charge in [-0.2, -0.15) is 0 Å². The molecule has 0 unspecified atom stereocenters. The van der Waals surface area contributed by atoms with Crippen molar-refractivity contribution >= 4 is 11.1 Å². The van der Waals surface area contributed by atoms with E-state index in [9.17, 15) is 0 Å². The van der Waals surface area contributed by atoms with Gasteiger partial charge in [-0.1, -0.05) is 102 Å². The molecule has 0 N–H and O–H groups in total. The van der Waals surface area contributed by atoms with Gasteiger partial charge in [0.15, 0.2) is 0 Å². The third kappa shape index (κ3) is 3.62. The van der Waals surface area contributed by atoms with Gasteiger partial charge in [0.05, 0.1) is 0 Å². The molecule has 0 aromatic heterocycles. The molecule has 0 saturated carbocycles. The minimum atomic E-state index is 0.162. The van der Waals surface area contributed by atoms with Crippen LogP contribution in [0.25, 0.3) is 11.1 Å². The number of hydrogen-bond donors (Lipinski definition) is 0. The van der Waals surface area contributed by atoms with E-state index in [-0.39, 0.29) is 10.8 Å². The molecule has 2 aromatic rings. The minimum absolute atomic E-state index is 0.162. The van der Waals surface area contributed by atoms with E-state index in [0.717, 1.165) is 0 Å². The first-order valence-electron chi connectivity index (χ1n) is 10.8. The number of hydrogen-bond acceptors (Lipinski definition) is 0. The van der Waals surface area contributed by atoms with Crippen LogP contribution in [0.15, 0.2) is 60.7 Å². The molecule has 2 bridgehead atoms. The number of allylic oxidation sites excluding steroid dienone is 4. The molecule has 0 nitrogen and oxygen atoms in total. The van der Waals surface area contributed by atoms with Crippen LogP contribution in [0, 0.1) is 11.8 Å². The highest BCUT2D eigenvalue weighted by molar-refractivity contribution is 5.82. The second kappa shape index (κ2) is 6.76. The van der Waals surface area contributed by atoms with Gasteiger partial charge in [0, 0.05) is 11.8 Å². The van der Waals surface area contributed by atoms with Crippen molar-refractivity contribution in [3.05, 3.63) is 82.9 Å². The molecule has 3 aliphatic carbocycles. The molecule has 3 aliphatic rings. The molecule has 2 atom stereocenters. The predicted octanol–water partition coefficient (Wildman–Crippen LogP) is 7.79. The summed E-state index contributed by atoms with van der Waals surface area (Å²) in [5.41, 5.74) is 9.14. The fourth-order valence-electron chi connectivity index (χ4n) is 4.61. The molecule has 0 amide bonds. The molecule has 0 fully saturated rings. The van der Waals surface area contributed by atoms with Gasteiger partial charge in [-0.25, -0.2) is 0 Å². The summed E-state index contributed by atoms with van der Waals surface area (Å²) in [5, 5.41) is 0. The topological polar surface area (TPSA) is 0 Å². The molecular formula is C28H34. The van der Waals surface area contributed by atoms with Gasteiger partial charge >= 0.3 is 0 Å². The van der Waals surface area contributed by atoms with Crippen LogP contribution < -0.4 is 0 Å². The summed E-state index contributed by atoms with van der Waals surface area (Å²) in [6, 6.07) is 18.3. The monoisotopic (exact) mass is 370 g/mol. The quantitative estimate of drug-likeness (QED) is 0.506. The zero-order valence-corrected chi connectivity index (χ0v) is 18.3. The van der Waals surface area contributed by atoms with Gasteiger partial charge < -0.3 is 0 Å². The Labute approximate surface area is 171 Å². The van der Waals surface area contributed by atoms with Crippen LogP contribution in [-0.2, 0) is 10.8 Å². The molecule has 0 aliphatic heterocycles. The molecular weight excluding hydrogens is 336 g/mol. The smallest absolute Gasteiger partial charge is 0.00275 e. The second-order valence-electron chi connectivity index (χ2n) is 10.7. The highest BCUT2D eigenvalue weighted by Gasteiger charge is 2.32. The zero-order chi connectivity index (χ0) is 20.1. The third-order valence-corrected chi connectivity index (χ3v) is 6.45. The van der Waals surface area contributed by atoms with Crippen molar-refractivity contribution in [3.8, 4) is 0 Å². The van der Waals surface area contributed by atoms with E-state index >= 15 is 0 Å². The van der Waals surface area contributed by atoms with Crippen molar-refractivity contribution < 1.29 is 0 Å². The van der Waals surface area contributed by atoms with Gasteiger partial charge in [0.25, 0.3) is 0 Å². The van der Waals surface area contributed by atoms with E-state index in [0.29, 0.717) is 11.8 Å². The normalized spacial score (nSPS) is 22.1. The van der Waals surface area contributed by atoms with Gasteiger partial charge in [-0.05, 0) is 57.1 Å². The Hall–Kier alpha value is -2.08. The number of rotatable bonds is 2. The summed E-state index contributed by atoms with van der Waals surface area (Å²) in [7, 11) is 0. The Kier molecular flexibility index (Phi) is 4.65. The molecule has 0 saturated heterocycles. The van der Waals surface area contributed by atoms with E-state index in [1.807, 2.05) is 0 Å². The maximum atomic E-state index is 2.57. The van der Waals surface area contributed by atoms with E-state index in [2.05, 4.69) is 102 Å². The van der Waals surface area contributed by atoms with E-state index in [1.165, 1.54) is 40.7 Å². The van der Waals surface area contributed by atoms with E-state index in [4.69, 9.17) is 0 Å². The molecule has 0 radical (unpaired) electrons. The lowest BCUT2D eigenvalue weighted by molar-refractivity contribution is 0.553. The minimum Gasteiger partial charge on any atom is -0.0726 e. The molecule has 5 rings (SSSR count). The number of fused-ring (bicyclic) bond motifs is 1. The van der Waals surface area contributed by atoms with Crippen LogP contribution in [0.1, 0.15) is 76.6 Å². The fraction of sp³-hybridized carbons (Fsp3) is 0.429. The van der Waals surface area contributed by atoms with Crippen LogP contribution in [0.5, 0.6) is 0 Å². The highest BCUT2D eigenvalue weighted by Crippen LogP contribution is 2.48. The van der Waals surface area contributed by atoms with E-state index in [1.54, 1.807) is 5.57 Å². The first-order chi connectivity index (χ1) is 13.1. The average molecular weight is 371 g/mol. The summed E-state index contributed by atoms with van der Waals surface area (Å²) in [6.45, 7) is 14.0. The second-order valence-corrected chi connectivity index (χ2v) is 10.7. The molecule has 146 valence electrons. The average Bonchev–Trinajstić information content (AvgIpc) is 2.67. The Morgan fingerprint density at radius 2 is 1.07 bits per heavy atom. The van der Waals surface area contributed by atoms with Crippen molar-refractivity contribution in [2.75, 3.05) is 0 Å². The Morgan fingerprint density at radius 1 is 0.607 bits per heavy atom. The van der Waals surface area contributed by atoms with Crippen molar-refractivity contribution in [2.45, 2.75) is 65.2 Å². The summed E-state index contributed by atoms with van der Waals surface area (Å²) < 4.78 is 0. The van der Waals surface area contributed by atoms with Crippen molar-refractivity contribution in [1.82, 2.24) is 0 Å². The van der Waals surface area contributed by atoms with Crippen LogP contribution in [0.2, 0.25) is 0 Å². The lowest BCUT2D eigenvalue weighted by Crippen LogP contribution is -2.22. The van der Waals surface area contributed by atoms with Crippen molar-refractivity contribution in [1.29, 1.82) is 0 Å². The molecule has 0 spiro atoms. The SMILES string of the molecule is CC(C)(C)c1cc(C2=C[C@H]3CC[C@@H]2C=C3c2ccccc2)cc(C(C)(C)C)c1. The Bertz CT molecular complexity index is 894. The largest absolute Gasteiger partial charge is 0.0726 e. The molecule has 0 heteroatoms. The van der Waals surface area contributed by atoms with Gasteiger partial charge in [0.1, 0.15) is 0 Å². The zero-order valence-electron chi connectivity index (χ0n) is 18.3. The maximum absolute atomic E-state index is 2.57. The Morgan fingerprint density at radius 3 is 1.50 bits per heavy atom. The molecule has 0 heterocycles. The summed E-state index contributed by atoms with van der Waals surface area (Å²) in [5.74, 6) is 1.10. The van der Waals surface area contributed by atoms with Crippen LogP contribution in [-0.4, -0.2) is 0 Å². The lowest BCUT2D eigenvalue weighted by atomic mass is 9.68. The van der Waals surface area contributed by atoms with Crippen LogP contribution in [0.3, 0.4) is 0 Å². The summed E-state index contributed by atoms with van der Waals surface area (Å²) in [4.78, 5) is 0. The molecule has 28 heavy (non-hydrogen) atoms. The van der Waals surface area contributed by atoms with Crippen LogP contribution >= 0.6 is 0 Å². The predicted molar refractivity (Wildman–Crippen MR) is 122 cm³/mol. The third-order valence-electron chi connectivity index (χ3n) is 6.45. The lowest BCUT2D eigenvalue weighted by Gasteiger charge is -2.36. The van der Waals surface area contributed by atoms with Gasteiger partial charge in [-0.3, -0.25) is 0 Å². The number of benzene rings is 2. The van der Waals surface area contributed by atoms with Gasteiger partial charge in [-0.15, -0.1) is 0 Å². The fourth-order valence-corrected chi connectivity index (χ4v) is 4.61. The van der Waals surface area contributed by atoms with Crippen LogP contribution in [0.4, 0.5) is 0 Å². The molecule has 2 aromatic carbocycles. The Balaban J connectivity index is 1.77. The maximum Gasteiger partial charge on any atom is 0.00275 e. The van der Waals surface area contributed by atoms with Crippen molar-refractivity contribution in [3.63, 3.8) is 0 Å². The summed E-state index contributed by atoms with van der Waals surface area (Å²) in [6.07, 6.45) is 7.68. The first-order valence-corrected chi connectivity index (χ1v) is 10.8. The standard InChI is InChI=1S/C28H34/c1-27(2,3)23-14-22(15-24(18-23)28(4,5)6)26-17-20-12-13-21(26)16-25(20)19-10-8-7-9-11-19/h7-11,14-18,20-21H,12-13H2,1-6H3/t20-,21-/m1/s1. The van der Waals surface area contributed by atoms with E-state index < -0.39 is 0 Å². The summed E-state index contributed by atoms with van der Waals surface area (Å²) >= 11 is 0. The first kappa shape index (κ1) is 19.2. The highest BCUT2D eigenvalue weighted by atomic mass is 14.4. The van der Waals surface area contributed by atoms with Gasteiger partial charge in [0.2, 0.25) is 0 Å². The van der Waals surface area contributed by atoms with Crippen molar-refractivity contribution in [2.24, 2.45) is 11.8 Å².